The van der Waals surface area contributed by atoms with E-state index in [0.717, 1.165) is 30.6 Å². The van der Waals surface area contributed by atoms with Crippen LogP contribution in [0.2, 0.25) is 0 Å². The Bertz CT molecular complexity index is 375. The summed E-state index contributed by atoms with van der Waals surface area (Å²) < 4.78 is 0. The first-order chi connectivity index (χ1) is 8.66. The standard InChI is InChI=1S/C16H26N2/c1-13-6-3-4-9-16(13)18(2)11-10-14-7-5-8-15(17)12-14/h5,7-8,12-13,16H,3-4,6,9-11,17H2,1-2H3. The fourth-order valence-electron chi connectivity index (χ4n) is 3.17. The summed E-state index contributed by atoms with van der Waals surface area (Å²) in [6, 6.07) is 9.05. The lowest BCUT2D eigenvalue weighted by Gasteiger charge is -2.36. The molecule has 2 nitrogen and oxygen atoms in total. The summed E-state index contributed by atoms with van der Waals surface area (Å²) in [6.07, 6.45) is 6.69. The first kappa shape index (κ1) is 13.4. The van der Waals surface area contributed by atoms with Crippen molar-refractivity contribution in [3.8, 4) is 0 Å². The second-order valence-electron chi connectivity index (χ2n) is 5.80. The first-order valence-corrected chi connectivity index (χ1v) is 7.21. The average Bonchev–Trinajstić information content (AvgIpc) is 2.37. The number of likely N-dealkylation sites (N-methyl/N-ethyl adjacent to an activating group) is 1. The van der Waals surface area contributed by atoms with Crippen LogP contribution in [0.15, 0.2) is 24.3 Å². The van der Waals surface area contributed by atoms with Crippen LogP contribution in [0.3, 0.4) is 0 Å². The predicted molar refractivity (Wildman–Crippen MR) is 78.6 cm³/mol. The van der Waals surface area contributed by atoms with Crippen LogP contribution in [-0.4, -0.2) is 24.5 Å². The molecule has 100 valence electrons. The molecule has 0 radical (unpaired) electrons. The van der Waals surface area contributed by atoms with Gasteiger partial charge in [-0.1, -0.05) is 31.9 Å². The molecule has 0 aliphatic heterocycles. The van der Waals surface area contributed by atoms with E-state index >= 15 is 0 Å². The molecule has 1 fully saturated rings. The molecule has 0 spiro atoms. The van der Waals surface area contributed by atoms with Crippen LogP contribution in [0.1, 0.15) is 38.2 Å². The number of benzene rings is 1. The normalized spacial score (nSPS) is 24.4. The lowest BCUT2D eigenvalue weighted by Crippen LogP contribution is -2.39. The maximum Gasteiger partial charge on any atom is 0.0316 e. The van der Waals surface area contributed by atoms with E-state index in [-0.39, 0.29) is 0 Å². The lowest BCUT2D eigenvalue weighted by atomic mass is 9.85. The third kappa shape index (κ3) is 3.49. The molecule has 18 heavy (non-hydrogen) atoms. The molecule has 2 atom stereocenters. The Morgan fingerprint density at radius 1 is 1.28 bits per heavy atom. The molecule has 0 saturated heterocycles. The number of anilines is 1. The molecule has 2 heteroatoms. The van der Waals surface area contributed by atoms with Gasteiger partial charge in [0.25, 0.3) is 0 Å². The SMILES string of the molecule is CC1CCCCC1N(C)CCc1cccc(N)c1. The van der Waals surface area contributed by atoms with E-state index in [1.165, 1.54) is 31.2 Å². The molecule has 1 aliphatic rings. The number of hydrogen-bond donors (Lipinski definition) is 1. The van der Waals surface area contributed by atoms with Crippen molar-refractivity contribution in [3.05, 3.63) is 29.8 Å². The summed E-state index contributed by atoms with van der Waals surface area (Å²) in [4.78, 5) is 2.55. The fourth-order valence-corrected chi connectivity index (χ4v) is 3.17. The van der Waals surface area contributed by atoms with Crippen LogP contribution in [-0.2, 0) is 6.42 Å². The lowest BCUT2D eigenvalue weighted by molar-refractivity contribution is 0.141. The highest BCUT2D eigenvalue weighted by atomic mass is 15.1. The topological polar surface area (TPSA) is 29.3 Å². The van der Waals surface area contributed by atoms with Crippen LogP contribution in [0.4, 0.5) is 5.69 Å². The molecule has 1 aliphatic carbocycles. The minimum atomic E-state index is 0.778. The Kier molecular flexibility index (Phi) is 4.65. The van der Waals surface area contributed by atoms with Crippen LogP contribution < -0.4 is 5.73 Å². The predicted octanol–water partition coefficient (Wildman–Crippen LogP) is 3.32. The molecule has 0 aromatic heterocycles. The van der Waals surface area contributed by atoms with Gasteiger partial charge in [-0.2, -0.15) is 0 Å². The summed E-state index contributed by atoms with van der Waals surface area (Å²) >= 11 is 0. The number of nitrogens with zero attached hydrogens (tertiary/aromatic N) is 1. The van der Waals surface area contributed by atoms with Gasteiger partial charge in [-0.25, -0.2) is 0 Å². The molecule has 0 amide bonds. The van der Waals surface area contributed by atoms with Crippen molar-refractivity contribution in [2.75, 3.05) is 19.3 Å². The Balaban J connectivity index is 1.85. The number of nitrogens with two attached hydrogens (primary N) is 1. The van der Waals surface area contributed by atoms with Gasteiger partial charge in [0.05, 0.1) is 0 Å². The Morgan fingerprint density at radius 2 is 2.06 bits per heavy atom. The van der Waals surface area contributed by atoms with Gasteiger partial charge in [-0.3, -0.25) is 0 Å². The quantitative estimate of drug-likeness (QED) is 0.826. The van der Waals surface area contributed by atoms with Crippen LogP contribution >= 0.6 is 0 Å². The molecule has 1 aromatic carbocycles. The molecule has 1 saturated carbocycles. The van der Waals surface area contributed by atoms with Crippen LogP contribution in [0, 0.1) is 5.92 Å². The average molecular weight is 246 g/mol. The third-order valence-electron chi connectivity index (χ3n) is 4.34. The molecular weight excluding hydrogens is 220 g/mol. The first-order valence-electron chi connectivity index (χ1n) is 7.21. The van der Waals surface area contributed by atoms with Crippen molar-refractivity contribution >= 4 is 5.69 Å². The van der Waals surface area contributed by atoms with E-state index < -0.39 is 0 Å². The molecule has 2 unspecified atom stereocenters. The van der Waals surface area contributed by atoms with Gasteiger partial charge in [0.15, 0.2) is 0 Å². The Morgan fingerprint density at radius 3 is 2.78 bits per heavy atom. The fraction of sp³-hybridized carbons (Fsp3) is 0.625. The van der Waals surface area contributed by atoms with Crippen LogP contribution in [0.5, 0.6) is 0 Å². The zero-order valence-electron chi connectivity index (χ0n) is 11.7. The summed E-state index contributed by atoms with van der Waals surface area (Å²) in [6.45, 7) is 3.54. The molecule has 0 bridgehead atoms. The highest BCUT2D eigenvalue weighted by Crippen LogP contribution is 2.27. The number of nitrogen functional groups attached to an aromatic ring is 1. The maximum atomic E-state index is 5.82. The van der Waals surface area contributed by atoms with Gasteiger partial charge < -0.3 is 10.6 Å². The second kappa shape index (κ2) is 6.24. The van der Waals surface area contributed by atoms with Gasteiger partial charge >= 0.3 is 0 Å². The zero-order valence-corrected chi connectivity index (χ0v) is 11.7. The minimum absolute atomic E-state index is 0.778. The Hall–Kier alpha value is -1.02. The van der Waals surface area contributed by atoms with Gasteiger partial charge in [0.1, 0.15) is 0 Å². The van der Waals surface area contributed by atoms with E-state index in [4.69, 9.17) is 5.73 Å². The zero-order chi connectivity index (χ0) is 13.0. The summed E-state index contributed by atoms with van der Waals surface area (Å²) in [7, 11) is 2.28. The monoisotopic (exact) mass is 246 g/mol. The highest BCUT2D eigenvalue weighted by molar-refractivity contribution is 5.40. The highest BCUT2D eigenvalue weighted by Gasteiger charge is 2.24. The molecule has 1 aromatic rings. The van der Waals surface area contributed by atoms with Crippen molar-refractivity contribution in [2.24, 2.45) is 5.92 Å². The van der Waals surface area contributed by atoms with Crippen LogP contribution in [0.25, 0.3) is 0 Å². The van der Waals surface area contributed by atoms with E-state index in [1.54, 1.807) is 0 Å². The summed E-state index contributed by atoms with van der Waals surface area (Å²) in [5, 5.41) is 0. The van der Waals surface area contributed by atoms with Crippen molar-refractivity contribution in [1.82, 2.24) is 4.90 Å². The summed E-state index contributed by atoms with van der Waals surface area (Å²) in [5.74, 6) is 0.851. The largest absolute Gasteiger partial charge is 0.399 e. The molecule has 0 heterocycles. The van der Waals surface area contributed by atoms with Crippen molar-refractivity contribution in [3.63, 3.8) is 0 Å². The molecular formula is C16H26N2. The van der Waals surface area contributed by atoms with Crippen molar-refractivity contribution in [1.29, 1.82) is 0 Å². The Labute approximate surface area is 111 Å². The number of hydrogen-bond acceptors (Lipinski definition) is 2. The van der Waals surface area contributed by atoms with E-state index in [0.29, 0.717) is 0 Å². The maximum absolute atomic E-state index is 5.82. The van der Waals surface area contributed by atoms with E-state index in [2.05, 4.69) is 31.0 Å². The minimum Gasteiger partial charge on any atom is -0.399 e. The number of rotatable bonds is 4. The van der Waals surface area contributed by atoms with Gasteiger partial charge in [-0.05, 0) is 49.9 Å². The van der Waals surface area contributed by atoms with Crippen molar-refractivity contribution in [2.45, 2.75) is 45.1 Å². The second-order valence-corrected chi connectivity index (χ2v) is 5.80. The van der Waals surface area contributed by atoms with Crippen molar-refractivity contribution < 1.29 is 0 Å². The van der Waals surface area contributed by atoms with E-state index in [9.17, 15) is 0 Å². The summed E-state index contributed by atoms with van der Waals surface area (Å²) in [5.41, 5.74) is 8.04. The third-order valence-corrected chi connectivity index (χ3v) is 4.34. The van der Waals surface area contributed by atoms with E-state index in [1.807, 2.05) is 12.1 Å². The van der Waals surface area contributed by atoms with Gasteiger partial charge in [0.2, 0.25) is 0 Å². The smallest absolute Gasteiger partial charge is 0.0316 e. The molecule has 2 N–H and O–H groups in total. The van der Waals surface area contributed by atoms with Gasteiger partial charge in [0, 0.05) is 18.3 Å². The molecule has 2 rings (SSSR count). The van der Waals surface area contributed by atoms with Gasteiger partial charge in [-0.15, -0.1) is 0 Å².